The first kappa shape index (κ1) is 18.8. The van der Waals surface area contributed by atoms with Gasteiger partial charge in [0.05, 0.1) is 23.9 Å². The Morgan fingerprint density at radius 2 is 1.83 bits per heavy atom. The van der Waals surface area contributed by atoms with Gasteiger partial charge < -0.3 is 14.8 Å². The quantitative estimate of drug-likeness (QED) is 0.416. The molecule has 0 saturated heterocycles. The standard InChI is InChI=1S/C23H22N4O2S/c1-28-19-9-10-20-21(11-19)30-23(27-20)26-18-7-5-16(6-8-18)17-12-24-22(25-13-17)29-14-15-3-2-4-15/h5-13,15H,2-4,14H2,1H3,(H,26,27). The molecule has 6 nitrogen and oxygen atoms in total. The SMILES string of the molecule is COc1ccc2nc(Nc3ccc(-c4cnc(OCC5CCC5)nc4)cc3)sc2c1. The Kier molecular flexibility index (Phi) is 5.19. The first-order valence-corrected chi connectivity index (χ1v) is 10.9. The molecule has 4 aromatic rings. The smallest absolute Gasteiger partial charge is 0.316 e. The minimum atomic E-state index is 0.455. The fraction of sp³-hybridized carbons (Fsp3) is 0.261. The van der Waals surface area contributed by atoms with Gasteiger partial charge in [-0.05, 0) is 54.7 Å². The number of hydrogen-bond acceptors (Lipinski definition) is 7. The van der Waals surface area contributed by atoms with Gasteiger partial charge in [0.1, 0.15) is 5.75 Å². The number of hydrogen-bond donors (Lipinski definition) is 1. The Morgan fingerprint density at radius 1 is 1.03 bits per heavy atom. The Bertz CT molecular complexity index is 1140. The van der Waals surface area contributed by atoms with Crippen molar-refractivity contribution in [1.82, 2.24) is 15.0 Å². The second kappa shape index (κ2) is 8.28. The van der Waals surface area contributed by atoms with Gasteiger partial charge in [0.2, 0.25) is 0 Å². The second-order valence-corrected chi connectivity index (χ2v) is 8.45. The van der Waals surface area contributed by atoms with Crippen LogP contribution < -0.4 is 14.8 Å². The molecule has 1 aliphatic rings. The molecule has 30 heavy (non-hydrogen) atoms. The average Bonchev–Trinajstić information content (AvgIpc) is 3.15. The normalized spacial score (nSPS) is 13.8. The molecule has 0 radical (unpaired) electrons. The number of ether oxygens (including phenoxy) is 2. The van der Waals surface area contributed by atoms with Gasteiger partial charge in [-0.1, -0.05) is 29.9 Å². The Hall–Kier alpha value is -3.19. The van der Waals surface area contributed by atoms with E-state index in [0.29, 0.717) is 11.9 Å². The lowest BCUT2D eigenvalue weighted by Crippen LogP contribution is -2.19. The van der Waals surface area contributed by atoms with Gasteiger partial charge in [-0.2, -0.15) is 0 Å². The van der Waals surface area contributed by atoms with Crippen molar-refractivity contribution in [3.63, 3.8) is 0 Å². The summed E-state index contributed by atoms with van der Waals surface area (Å²) in [5.74, 6) is 1.51. The zero-order valence-electron chi connectivity index (χ0n) is 16.7. The zero-order valence-corrected chi connectivity index (χ0v) is 17.5. The van der Waals surface area contributed by atoms with Crippen molar-refractivity contribution in [3.05, 3.63) is 54.9 Å². The van der Waals surface area contributed by atoms with Crippen LogP contribution in [-0.2, 0) is 0 Å². The van der Waals surface area contributed by atoms with Crippen LogP contribution in [0.4, 0.5) is 10.8 Å². The van der Waals surface area contributed by atoms with Crippen LogP contribution in [-0.4, -0.2) is 28.7 Å². The van der Waals surface area contributed by atoms with Crippen LogP contribution in [0.5, 0.6) is 11.8 Å². The van der Waals surface area contributed by atoms with Gasteiger partial charge in [0, 0.05) is 23.6 Å². The fourth-order valence-corrected chi connectivity index (χ4v) is 4.26. The van der Waals surface area contributed by atoms with Gasteiger partial charge in [-0.3, -0.25) is 0 Å². The Morgan fingerprint density at radius 3 is 2.53 bits per heavy atom. The van der Waals surface area contributed by atoms with E-state index in [9.17, 15) is 0 Å². The van der Waals surface area contributed by atoms with Crippen molar-refractivity contribution in [3.8, 4) is 22.9 Å². The predicted molar refractivity (Wildman–Crippen MR) is 120 cm³/mol. The Labute approximate surface area is 178 Å². The molecule has 0 bridgehead atoms. The van der Waals surface area contributed by atoms with Crippen molar-refractivity contribution >= 4 is 32.4 Å². The highest BCUT2D eigenvalue weighted by Gasteiger charge is 2.18. The molecule has 5 rings (SSSR count). The number of nitrogens with one attached hydrogen (secondary N) is 1. The molecule has 0 amide bonds. The maximum atomic E-state index is 5.68. The molecule has 1 N–H and O–H groups in total. The molecule has 2 aromatic carbocycles. The van der Waals surface area contributed by atoms with Gasteiger partial charge in [0.25, 0.3) is 0 Å². The summed E-state index contributed by atoms with van der Waals surface area (Å²) in [4.78, 5) is 13.3. The number of rotatable bonds is 7. The summed E-state index contributed by atoms with van der Waals surface area (Å²) < 4.78 is 12.1. The third-order valence-electron chi connectivity index (χ3n) is 5.37. The first-order chi connectivity index (χ1) is 14.8. The number of fused-ring (bicyclic) bond motifs is 1. The van der Waals surface area contributed by atoms with E-state index in [2.05, 4.69) is 20.3 Å². The van der Waals surface area contributed by atoms with Crippen LogP contribution in [0.2, 0.25) is 0 Å². The molecule has 1 saturated carbocycles. The van der Waals surface area contributed by atoms with Gasteiger partial charge in [0.15, 0.2) is 5.13 Å². The van der Waals surface area contributed by atoms with Crippen LogP contribution in [0.1, 0.15) is 19.3 Å². The largest absolute Gasteiger partial charge is 0.497 e. The first-order valence-electron chi connectivity index (χ1n) is 10.0. The van der Waals surface area contributed by atoms with E-state index < -0.39 is 0 Å². The molecular weight excluding hydrogens is 396 g/mol. The number of benzene rings is 2. The predicted octanol–water partition coefficient (Wildman–Crippen LogP) is 5.68. The summed E-state index contributed by atoms with van der Waals surface area (Å²) in [6.07, 6.45) is 7.44. The molecule has 0 unspecified atom stereocenters. The molecule has 2 aromatic heterocycles. The molecule has 152 valence electrons. The van der Waals surface area contributed by atoms with Crippen LogP contribution in [0.25, 0.3) is 21.3 Å². The highest BCUT2D eigenvalue weighted by Crippen LogP contribution is 2.31. The highest BCUT2D eigenvalue weighted by molar-refractivity contribution is 7.22. The van der Waals surface area contributed by atoms with E-state index in [1.54, 1.807) is 18.4 Å². The Balaban J connectivity index is 1.24. The number of nitrogens with zero attached hydrogens (tertiary/aromatic N) is 3. The van der Waals surface area contributed by atoms with Crippen molar-refractivity contribution in [2.75, 3.05) is 19.0 Å². The van der Waals surface area contributed by atoms with E-state index in [1.807, 2.05) is 54.9 Å². The lowest BCUT2D eigenvalue weighted by atomic mass is 9.86. The second-order valence-electron chi connectivity index (χ2n) is 7.42. The number of anilines is 2. The molecule has 1 aliphatic carbocycles. The van der Waals surface area contributed by atoms with Crippen LogP contribution in [0.3, 0.4) is 0 Å². The van der Waals surface area contributed by atoms with E-state index >= 15 is 0 Å². The van der Waals surface area contributed by atoms with Crippen molar-refractivity contribution in [2.24, 2.45) is 5.92 Å². The van der Waals surface area contributed by atoms with Gasteiger partial charge in [-0.25, -0.2) is 15.0 Å². The minimum Gasteiger partial charge on any atom is -0.497 e. The van der Waals surface area contributed by atoms with Gasteiger partial charge >= 0.3 is 6.01 Å². The maximum Gasteiger partial charge on any atom is 0.316 e. The molecule has 7 heteroatoms. The van der Waals surface area contributed by atoms with E-state index in [4.69, 9.17) is 9.47 Å². The lowest BCUT2D eigenvalue weighted by Gasteiger charge is -2.24. The number of thiazole rings is 1. The fourth-order valence-electron chi connectivity index (χ4n) is 3.35. The summed E-state index contributed by atoms with van der Waals surface area (Å²) in [5, 5.41) is 4.22. The number of aromatic nitrogens is 3. The molecular formula is C23H22N4O2S. The van der Waals surface area contributed by atoms with Gasteiger partial charge in [-0.15, -0.1) is 0 Å². The summed E-state index contributed by atoms with van der Waals surface area (Å²) in [6.45, 7) is 0.720. The molecule has 0 atom stereocenters. The molecule has 1 fully saturated rings. The average molecular weight is 419 g/mol. The molecule has 0 aliphatic heterocycles. The summed E-state index contributed by atoms with van der Waals surface area (Å²) in [5.41, 5.74) is 3.95. The van der Waals surface area contributed by atoms with Crippen LogP contribution >= 0.6 is 11.3 Å². The topological polar surface area (TPSA) is 69.2 Å². The molecule has 2 heterocycles. The molecule has 0 spiro atoms. The third kappa shape index (κ3) is 4.07. The number of methoxy groups -OCH3 is 1. The monoisotopic (exact) mass is 418 g/mol. The lowest BCUT2D eigenvalue weighted by molar-refractivity contribution is 0.170. The minimum absolute atomic E-state index is 0.455. The summed E-state index contributed by atoms with van der Waals surface area (Å²) in [6, 6.07) is 14.5. The van der Waals surface area contributed by atoms with E-state index in [-0.39, 0.29) is 0 Å². The highest BCUT2D eigenvalue weighted by atomic mass is 32.1. The van der Waals surface area contributed by atoms with E-state index in [1.165, 1.54) is 19.3 Å². The van der Waals surface area contributed by atoms with E-state index in [0.717, 1.165) is 44.5 Å². The third-order valence-corrected chi connectivity index (χ3v) is 6.30. The summed E-state index contributed by atoms with van der Waals surface area (Å²) >= 11 is 1.60. The van der Waals surface area contributed by atoms with Crippen LogP contribution in [0.15, 0.2) is 54.9 Å². The summed E-state index contributed by atoms with van der Waals surface area (Å²) in [7, 11) is 1.67. The van der Waals surface area contributed by atoms with Crippen molar-refractivity contribution in [1.29, 1.82) is 0 Å². The van der Waals surface area contributed by atoms with Crippen molar-refractivity contribution in [2.45, 2.75) is 19.3 Å². The van der Waals surface area contributed by atoms with Crippen molar-refractivity contribution < 1.29 is 9.47 Å². The van der Waals surface area contributed by atoms with Crippen LogP contribution in [0, 0.1) is 5.92 Å². The zero-order chi connectivity index (χ0) is 20.3. The maximum absolute atomic E-state index is 5.68.